The molecule has 4 nitrogen and oxygen atoms in total. The first-order valence-electron chi connectivity index (χ1n) is 5.89. The average molecular weight is 266 g/mol. The van der Waals surface area contributed by atoms with Gasteiger partial charge < -0.3 is 0 Å². The Kier molecular flexibility index (Phi) is 3.96. The molecule has 2 aromatic carbocycles. The molecule has 0 aromatic heterocycles. The number of benzene rings is 2. The van der Waals surface area contributed by atoms with Crippen molar-refractivity contribution in [3.05, 3.63) is 71.8 Å². The molecule has 0 bridgehead atoms. The Morgan fingerprint density at radius 2 is 0.800 bits per heavy atom. The van der Waals surface area contributed by atoms with Crippen LogP contribution in [-0.2, 0) is 9.59 Å². The van der Waals surface area contributed by atoms with E-state index in [0.717, 1.165) is 0 Å². The van der Waals surface area contributed by atoms with Crippen LogP contribution >= 0.6 is 0 Å². The molecule has 2 rings (SSSR count). The predicted molar refractivity (Wildman–Crippen MR) is 71.6 cm³/mol. The van der Waals surface area contributed by atoms with E-state index in [1.807, 2.05) is 0 Å². The fourth-order valence-corrected chi connectivity index (χ4v) is 1.65. The topological polar surface area (TPSA) is 68.3 Å². The summed E-state index contributed by atoms with van der Waals surface area (Å²) in [6.07, 6.45) is 0. The third kappa shape index (κ3) is 2.75. The normalized spacial score (nSPS) is 9.80. The number of Topliss-reactive ketones (excluding diaryl/α,β-unsaturated/α-hetero) is 4. The molecule has 0 aliphatic carbocycles. The first-order valence-corrected chi connectivity index (χ1v) is 5.89. The highest BCUT2D eigenvalue weighted by molar-refractivity contribution is 6.81. The van der Waals surface area contributed by atoms with Crippen molar-refractivity contribution in [3.63, 3.8) is 0 Å². The minimum absolute atomic E-state index is 0.0895. The predicted octanol–water partition coefficient (Wildman–Crippen LogP) is 1.89. The second-order valence-electron chi connectivity index (χ2n) is 4.05. The van der Waals surface area contributed by atoms with E-state index in [2.05, 4.69) is 0 Å². The van der Waals surface area contributed by atoms with Crippen LogP contribution in [0.5, 0.6) is 0 Å². The second-order valence-corrected chi connectivity index (χ2v) is 4.05. The van der Waals surface area contributed by atoms with Crippen LogP contribution in [0.15, 0.2) is 60.7 Å². The van der Waals surface area contributed by atoms with Crippen LogP contribution in [0.2, 0.25) is 0 Å². The highest BCUT2D eigenvalue weighted by Crippen LogP contribution is 2.05. The molecule has 0 aliphatic heterocycles. The lowest BCUT2D eigenvalue weighted by molar-refractivity contribution is -0.131. The van der Waals surface area contributed by atoms with Crippen LogP contribution < -0.4 is 0 Å². The summed E-state index contributed by atoms with van der Waals surface area (Å²) in [5.74, 6) is -4.57. The zero-order chi connectivity index (χ0) is 14.5. The molecule has 0 radical (unpaired) electrons. The summed E-state index contributed by atoms with van der Waals surface area (Å²) in [7, 11) is 0. The Bertz CT molecular complexity index is 611. The highest BCUT2D eigenvalue weighted by Gasteiger charge is 2.30. The molecule has 0 amide bonds. The minimum Gasteiger partial charge on any atom is -0.285 e. The van der Waals surface area contributed by atoms with E-state index in [1.54, 1.807) is 36.4 Å². The van der Waals surface area contributed by atoms with E-state index in [4.69, 9.17) is 0 Å². The van der Waals surface area contributed by atoms with Crippen molar-refractivity contribution in [2.24, 2.45) is 0 Å². The van der Waals surface area contributed by atoms with Crippen LogP contribution in [0.1, 0.15) is 20.7 Å². The van der Waals surface area contributed by atoms with Gasteiger partial charge in [-0.15, -0.1) is 0 Å². The molecule has 0 aliphatic rings. The fraction of sp³-hybridized carbons (Fsp3) is 0. The molecule has 98 valence electrons. The molecule has 0 saturated heterocycles. The molecule has 4 heteroatoms. The van der Waals surface area contributed by atoms with E-state index in [1.165, 1.54) is 24.3 Å². The summed E-state index contributed by atoms with van der Waals surface area (Å²) in [5, 5.41) is 0. The van der Waals surface area contributed by atoms with Gasteiger partial charge in [0.2, 0.25) is 11.6 Å². The van der Waals surface area contributed by atoms with Crippen LogP contribution in [0, 0.1) is 0 Å². The van der Waals surface area contributed by atoms with E-state index in [-0.39, 0.29) is 11.1 Å². The maximum atomic E-state index is 11.8. The number of carbonyl (C=O) groups excluding carboxylic acids is 4. The van der Waals surface area contributed by atoms with Gasteiger partial charge >= 0.3 is 0 Å². The summed E-state index contributed by atoms with van der Waals surface area (Å²) >= 11 is 0. The van der Waals surface area contributed by atoms with Crippen LogP contribution in [-0.4, -0.2) is 23.1 Å². The van der Waals surface area contributed by atoms with E-state index >= 15 is 0 Å². The molecule has 0 saturated carbocycles. The van der Waals surface area contributed by atoms with Crippen LogP contribution in [0.4, 0.5) is 0 Å². The van der Waals surface area contributed by atoms with Crippen LogP contribution in [0.25, 0.3) is 0 Å². The van der Waals surface area contributed by atoms with Gasteiger partial charge in [-0.25, -0.2) is 0 Å². The Balaban J connectivity index is 2.20. The van der Waals surface area contributed by atoms with Crippen LogP contribution in [0.3, 0.4) is 0 Å². The maximum absolute atomic E-state index is 11.8. The number of ketones is 4. The van der Waals surface area contributed by atoms with Gasteiger partial charge in [0.05, 0.1) is 0 Å². The summed E-state index contributed by atoms with van der Waals surface area (Å²) in [6.45, 7) is 0. The molecular formula is C16H10O4. The van der Waals surface area contributed by atoms with Gasteiger partial charge in [-0.05, 0) is 0 Å². The summed E-state index contributed by atoms with van der Waals surface area (Å²) in [5.41, 5.74) is 0.179. The Morgan fingerprint density at radius 3 is 1.10 bits per heavy atom. The number of hydrogen-bond acceptors (Lipinski definition) is 4. The van der Waals surface area contributed by atoms with Gasteiger partial charge in [-0.1, -0.05) is 60.7 Å². The molecule has 2 aromatic rings. The van der Waals surface area contributed by atoms with E-state index < -0.39 is 23.1 Å². The first-order chi connectivity index (χ1) is 9.61. The lowest BCUT2D eigenvalue weighted by Gasteiger charge is -2.00. The molecule has 0 atom stereocenters. The average Bonchev–Trinajstić information content (AvgIpc) is 2.53. The van der Waals surface area contributed by atoms with Gasteiger partial charge in [-0.2, -0.15) is 0 Å². The summed E-state index contributed by atoms with van der Waals surface area (Å²) in [4.78, 5) is 47.1. The van der Waals surface area contributed by atoms with E-state index in [9.17, 15) is 19.2 Å². The smallest absolute Gasteiger partial charge is 0.277 e. The highest BCUT2D eigenvalue weighted by atomic mass is 16.2. The van der Waals surface area contributed by atoms with Crippen molar-refractivity contribution in [2.75, 3.05) is 0 Å². The number of hydrogen-bond donors (Lipinski definition) is 0. The standard InChI is InChI=1S/C16H10O4/c17-13(11-7-3-1-4-8-11)15(19)16(20)14(18)12-9-5-2-6-10-12/h1-10H. The minimum atomic E-state index is -1.31. The lowest BCUT2D eigenvalue weighted by atomic mass is 9.99. The van der Waals surface area contributed by atoms with Crippen molar-refractivity contribution in [2.45, 2.75) is 0 Å². The lowest BCUT2D eigenvalue weighted by Crippen LogP contribution is -2.30. The Hall–Kier alpha value is -2.88. The first kappa shape index (κ1) is 13.5. The summed E-state index contributed by atoms with van der Waals surface area (Å²) < 4.78 is 0. The molecule has 0 unspecified atom stereocenters. The Labute approximate surface area is 115 Å². The molecule has 0 fully saturated rings. The van der Waals surface area contributed by atoms with E-state index in [0.29, 0.717) is 0 Å². The Morgan fingerprint density at radius 1 is 0.500 bits per heavy atom. The van der Waals surface area contributed by atoms with Crippen molar-refractivity contribution >= 4 is 23.1 Å². The molecular weight excluding hydrogens is 256 g/mol. The third-order valence-electron chi connectivity index (χ3n) is 2.69. The van der Waals surface area contributed by atoms with Gasteiger partial charge in [0.1, 0.15) is 0 Å². The largest absolute Gasteiger partial charge is 0.285 e. The molecule has 20 heavy (non-hydrogen) atoms. The second kappa shape index (κ2) is 5.84. The zero-order valence-electron chi connectivity index (χ0n) is 10.4. The van der Waals surface area contributed by atoms with Crippen molar-refractivity contribution in [1.82, 2.24) is 0 Å². The zero-order valence-corrected chi connectivity index (χ0v) is 10.4. The van der Waals surface area contributed by atoms with Crippen molar-refractivity contribution in [1.29, 1.82) is 0 Å². The molecule has 0 N–H and O–H groups in total. The SMILES string of the molecule is O=C(C(=O)C(=O)c1ccccc1)C(=O)c1ccccc1. The van der Waals surface area contributed by atoms with Crippen molar-refractivity contribution in [3.8, 4) is 0 Å². The fourth-order valence-electron chi connectivity index (χ4n) is 1.65. The quantitative estimate of drug-likeness (QED) is 0.471. The monoisotopic (exact) mass is 266 g/mol. The number of rotatable bonds is 5. The number of carbonyl (C=O) groups is 4. The molecule has 0 heterocycles. The van der Waals surface area contributed by atoms with Gasteiger partial charge in [0.25, 0.3) is 11.6 Å². The summed E-state index contributed by atoms with van der Waals surface area (Å²) in [6, 6.07) is 15.3. The van der Waals surface area contributed by atoms with Crippen molar-refractivity contribution < 1.29 is 19.2 Å². The van der Waals surface area contributed by atoms with Gasteiger partial charge in [0.15, 0.2) is 0 Å². The third-order valence-corrected chi connectivity index (χ3v) is 2.69. The van der Waals surface area contributed by atoms with Gasteiger partial charge in [-0.3, -0.25) is 19.2 Å². The maximum Gasteiger partial charge on any atom is 0.277 e. The van der Waals surface area contributed by atoms with Gasteiger partial charge in [0, 0.05) is 11.1 Å². The molecule has 0 spiro atoms.